The molecule has 106 valence electrons. The van der Waals surface area contributed by atoms with Crippen molar-refractivity contribution >= 4 is 5.69 Å². The molecule has 0 bridgehead atoms. The third-order valence-corrected chi connectivity index (χ3v) is 4.11. The lowest BCUT2D eigenvalue weighted by molar-refractivity contribution is 0.241. The average Bonchev–Trinajstić information content (AvgIpc) is 2.35. The highest BCUT2D eigenvalue weighted by Gasteiger charge is 2.32. The van der Waals surface area contributed by atoms with Crippen LogP contribution in [0, 0.1) is 13.8 Å². The molecule has 1 aliphatic rings. The van der Waals surface area contributed by atoms with E-state index in [2.05, 4.69) is 56.1 Å². The van der Waals surface area contributed by atoms with Crippen LogP contribution in [0.15, 0.2) is 18.2 Å². The normalized spacial score (nSPS) is 22.6. The Morgan fingerprint density at radius 3 is 2.68 bits per heavy atom. The van der Waals surface area contributed by atoms with Crippen LogP contribution in [0.2, 0.25) is 0 Å². The van der Waals surface area contributed by atoms with Gasteiger partial charge in [0.15, 0.2) is 0 Å². The van der Waals surface area contributed by atoms with E-state index in [0.29, 0.717) is 6.04 Å². The van der Waals surface area contributed by atoms with Gasteiger partial charge in [-0.1, -0.05) is 6.07 Å². The Hall–Kier alpha value is -1.06. The van der Waals surface area contributed by atoms with E-state index in [1.165, 1.54) is 16.8 Å². The molecule has 1 atom stereocenters. The van der Waals surface area contributed by atoms with Crippen LogP contribution in [0.4, 0.5) is 5.69 Å². The Bertz CT molecular complexity index is 442. The van der Waals surface area contributed by atoms with Crippen molar-refractivity contribution in [1.82, 2.24) is 5.32 Å². The maximum absolute atomic E-state index is 9.26. The molecule has 0 aliphatic carbocycles. The molecule has 1 saturated heterocycles. The van der Waals surface area contributed by atoms with Gasteiger partial charge in [0.1, 0.15) is 0 Å². The third-order valence-electron chi connectivity index (χ3n) is 4.11. The highest BCUT2D eigenvalue weighted by atomic mass is 16.3. The molecule has 1 heterocycles. The van der Waals surface area contributed by atoms with Gasteiger partial charge in [0, 0.05) is 37.0 Å². The zero-order valence-electron chi connectivity index (χ0n) is 12.5. The summed E-state index contributed by atoms with van der Waals surface area (Å²) in [4.78, 5) is 2.44. The van der Waals surface area contributed by atoms with Crippen LogP contribution in [0.3, 0.4) is 0 Å². The zero-order chi connectivity index (χ0) is 14.0. The van der Waals surface area contributed by atoms with E-state index >= 15 is 0 Å². The van der Waals surface area contributed by atoms with Crippen LogP contribution in [0.25, 0.3) is 0 Å². The van der Waals surface area contributed by atoms with Crippen molar-refractivity contribution in [3.8, 4) is 0 Å². The minimum Gasteiger partial charge on any atom is -0.396 e. The van der Waals surface area contributed by atoms with Crippen LogP contribution < -0.4 is 10.2 Å². The number of nitrogens with one attached hydrogen (secondary N) is 1. The van der Waals surface area contributed by atoms with E-state index in [-0.39, 0.29) is 12.1 Å². The second kappa shape index (κ2) is 5.51. The highest BCUT2D eigenvalue weighted by Crippen LogP contribution is 2.26. The topological polar surface area (TPSA) is 35.5 Å². The largest absolute Gasteiger partial charge is 0.396 e. The molecule has 1 aromatic carbocycles. The summed E-state index contributed by atoms with van der Waals surface area (Å²) in [6.45, 7) is 10.9. The van der Waals surface area contributed by atoms with Gasteiger partial charge in [0.05, 0.1) is 0 Å². The fraction of sp³-hybridized carbons (Fsp3) is 0.625. The predicted octanol–water partition coefficient (Wildman–Crippen LogP) is 2.24. The van der Waals surface area contributed by atoms with Gasteiger partial charge in [-0.15, -0.1) is 0 Å². The molecule has 1 aromatic rings. The fourth-order valence-corrected chi connectivity index (χ4v) is 2.73. The van der Waals surface area contributed by atoms with Crippen LogP contribution >= 0.6 is 0 Å². The standard InChI is InChI=1S/C16H26N2O/c1-12-5-6-14(9-13(12)2)18-11-16(3,4)17-10-15(18)7-8-19/h5-6,9,15,17,19H,7-8,10-11H2,1-4H3. The minimum atomic E-state index is 0.116. The number of aryl methyl sites for hydroxylation is 2. The SMILES string of the molecule is Cc1ccc(N2CC(C)(C)NCC2CCO)cc1C. The molecule has 0 saturated carbocycles. The first-order valence-corrected chi connectivity index (χ1v) is 7.13. The molecule has 3 nitrogen and oxygen atoms in total. The molecule has 0 amide bonds. The van der Waals surface area contributed by atoms with Gasteiger partial charge in [0.25, 0.3) is 0 Å². The number of hydrogen-bond acceptors (Lipinski definition) is 3. The molecule has 0 radical (unpaired) electrons. The first-order valence-electron chi connectivity index (χ1n) is 7.13. The summed E-state index contributed by atoms with van der Waals surface area (Å²) in [6, 6.07) is 7.03. The van der Waals surface area contributed by atoms with Crippen molar-refractivity contribution < 1.29 is 5.11 Å². The van der Waals surface area contributed by atoms with Gasteiger partial charge in [-0.05, 0) is 57.4 Å². The minimum absolute atomic E-state index is 0.116. The summed E-state index contributed by atoms with van der Waals surface area (Å²) in [5.41, 5.74) is 4.05. The van der Waals surface area contributed by atoms with Crippen molar-refractivity contribution in [2.24, 2.45) is 0 Å². The van der Waals surface area contributed by atoms with Crippen molar-refractivity contribution in [1.29, 1.82) is 0 Å². The van der Waals surface area contributed by atoms with Crippen molar-refractivity contribution in [3.05, 3.63) is 29.3 Å². The lowest BCUT2D eigenvalue weighted by atomic mass is 9.96. The Morgan fingerprint density at radius 1 is 1.32 bits per heavy atom. The number of aliphatic hydroxyl groups is 1. The van der Waals surface area contributed by atoms with E-state index in [9.17, 15) is 5.11 Å². The van der Waals surface area contributed by atoms with E-state index in [1.54, 1.807) is 0 Å². The maximum Gasteiger partial charge on any atom is 0.0451 e. The fourth-order valence-electron chi connectivity index (χ4n) is 2.73. The van der Waals surface area contributed by atoms with Gasteiger partial charge in [-0.2, -0.15) is 0 Å². The molecule has 3 heteroatoms. The molecule has 0 aromatic heterocycles. The molecular formula is C16H26N2O. The molecule has 1 aliphatic heterocycles. The molecule has 19 heavy (non-hydrogen) atoms. The van der Waals surface area contributed by atoms with E-state index in [1.807, 2.05) is 0 Å². The number of benzene rings is 1. The van der Waals surface area contributed by atoms with E-state index < -0.39 is 0 Å². The summed E-state index contributed by atoms with van der Waals surface area (Å²) in [5.74, 6) is 0. The van der Waals surface area contributed by atoms with E-state index in [0.717, 1.165) is 19.5 Å². The van der Waals surface area contributed by atoms with E-state index in [4.69, 9.17) is 0 Å². The van der Waals surface area contributed by atoms with Gasteiger partial charge in [-0.3, -0.25) is 0 Å². The Morgan fingerprint density at radius 2 is 2.05 bits per heavy atom. The second-order valence-corrected chi connectivity index (χ2v) is 6.33. The monoisotopic (exact) mass is 262 g/mol. The first-order chi connectivity index (χ1) is 8.93. The van der Waals surface area contributed by atoms with Crippen LogP contribution in [-0.2, 0) is 0 Å². The summed E-state index contributed by atoms with van der Waals surface area (Å²) in [5, 5.41) is 12.8. The smallest absolute Gasteiger partial charge is 0.0451 e. The van der Waals surface area contributed by atoms with Crippen molar-refractivity contribution in [2.45, 2.75) is 45.7 Å². The molecule has 2 rings (SSSR count). The second-order valence-electron chi connectivity index (χ2n) is 6.33. The predicted molar refractivity (Wildman–Crippen MR) is 80.8 cm³/mol. The Kier molecular flexibility index (Phi) is 4.16. The van der Waals surface area contributed by atoms with Gasteiger partial charge < -0.3 is 15.3 Å². The van der Waals surface area contributed by atoms with Crippen LogP contribution in [0.5, 0.6) is 0 Å². The lowest BCUT2D eigenvalue weighted by Crippen LogP contribution is -2.62. The Balaban J connectivity index is 2.27. The lowest BCUT2D eigenvalue weighted by Gasteiger charge is -2.46. The number of aliphatic hydroxyl groups excluding tert-OH is 1. The van der Waals surface area contributed by atoms with Gasteiger partial charge in [-0.25, -0.2) is 0 Å². The van der Waals surface area contributed by atoms with Crippen molar-refractivity contribution in [2.75, 3.05) is 24.6 Å². The van der Waals surface area contributed by atoms with Gasteiger partial charge >= 0.3 is 0 Å². The van der Waals surface area contributed by atoms with Crippen molar-refractivity contribution in [3.63, 3.8) is 0 Å². The molecule has 1 fully saturated rings. The summed E-state index contributed by atoms with van der Waals surface area (Å²) >= 11 is 0. The highest BCUT2D eigenvalue weighted by molar-refractivity contribution is 5.52. The molecule has 2 N–H and O–H groups in total. The quantitative estimate of drug-likeness (QED) is 0.877. The number of nitrogens with zero attached hydrogens (tertiary/aromatic N) is 1. The number of piperazine rings is 1. The number of rotatable bonds is 3. The van der Waals surface area contributed by atoms with Crippen LogP contribution in [-0.4, -0.2) is 36.4 Å². The number of hydrogen-bond donors (Lipinski definition) is 2. The molecular weight excluding hydrogens is 236 g/mol. The van der Waals surface area contributed by atoms with Gasteiger partial charge in [0.2, 0.25) is 0 Å². The summed E-state index contributed by atoms with van der Waals surface area (Å²) in [7, 11) is 0. The number of anilines is 1. The molecule has 1 unspecified atom stereocenters. The maximum atomic E-state index is 9.26. The Labute approximate surface area is 116 Å². The average molecular weight is 262 g/mol. The summed E-state index contributed by atoms with van der Waals surface area (Å²) < 4.78 is 0. The molecule has 0 spiro atoms. The summed E-state index contributed by atoms with van der Waals surface area (Å²) in [6.07, 6.45) is 0.815. The zero-order valence-corrected chi connectivity index (χ0v) is 12.5. The first kappa shape index (κ1) is 14.4. The third kappa shape index (κ3) is 3.28. The van der Waals surface area contributed by atoms with Crippen LogP contribution in [0.1, 0.15) is 31.4 Å².